The number of benzene rings is 1. The molecule has 0 saturated carbocycles. The largest absolute Gasteiger partial charge is 0.392 e. The van der Waals surface area contributed by atoms with Crippen molar-refractivity contribution in [3.05, 3.63) is 35.1 Å². The molecule has 1 fully saturated rings. The molecule has 1 aromatic rings. The first-order valence-corrected chi connectivity index (χ1v) is 8.58. The molecule has 0 bridgehead atoms. The lowest BCUT2D eigenvalue weighted by atomic mass is 10.1. The Bertz CT molecular complexity index is 634. The summed E-state index contributed by atoms with van der Waals surface area (Å²) in [5.74, 6) is 0.416. The van der Waals surface area contributed by atoms with Gasteiger partial charge in [-0.25, -0.2) is 4.39 Å². The number of aliphatic hydroxyl groups is 1. The van der Waals surface area contributed by atoms with Crippen LogP contribution in [0.5, 0.6) is 0 Å². The minimum atomic E-state index is -0.408. The Morgan fingerprint density at radius 3 is 2.88 bits per heavy atom. The predicted molar refractivity (Wildman–Crippen MR) is 95.5 cm³/mol. The van der Waals surface area contributed by atoms with Crippen LogP contribution in [-0.4, -0.2) is 48.1 Å². The Balaban J connectivity index is 1.86. The summed E-state index contributed by atoms with van der Waals surface area (Å²) in [6.45, 7) is 5.38. The molecule has 1 amide bonds. The van der Waals surface area contributed by atoms with Gasteiger partial charge in [0, 0.05) is 44.2 Å². The maximum atomic E-state index is 13.4. The maximum absolute atomic E-state index is 13.4. The monoisotopic (exact) mass is 350 g/mol. The molecule has 0 aliphatic carbocycles. The average molecular weight is 350 g/mol. The van der Waals surface area contributed by atoms with Gasteiger partial charge in [-0.05, 0) is 24.1 Å². The molecule has 0 aromatic heterocycles. The Labute approximate surface area is 148 Å². The fourth-order valence-corrected chi connectivity index (χ4v) is 2.88. The van der Waals surface area contributed by atoms with Gasteiger partial charge >= 0.3 is 0 Å². The maximum Gasteiger partial charge on any atom is 0.225 e. The van der Waals surface area contributed by atoms with E-state index in [1.54, 1.807) is 19.2 Å². The Morgan fingerprint density at radius 1 is 1.48 bits per heavy atom. The van der Waals surface area contributed by atoms with Crippen molar-refractivity contribution in [1.82, 2.24) is 15.5 Å². The number of carbonyl (C=O) groups excluding carboxylic acids is 1. The van der Waals surface area contributed by atoms with Crippen LogP contribution in [0.1, 0.15) is 31.4 Å². The van der Waals surface area contributed by atoms with Gasteiger partial charge in [0.25, 0.3) is 0 Å². The third-order valence-corrected chi connectivity index (χ3v) is 4.30. The number of aliphatic hydroxyl groups excluding tert-OH is 1. The zero-order valence-corrected chi connectivity index (χ0v) is 15.1. The Morgan fingerprint density at radius 2 is 2.24 bits per heavy atom. The number of likely N-dealkylation sites (tertiary alicyclic amines) is 1. The molecule has 3 N–H and O–H groups in total. The summed E-state index contributed by atoms with van der Waals surface area (Å²) in [6.07, 6.45) is 0.879. The van der Waals surface area contributed by atoms with Crippen molar-refractivity contribution < 1.29 is 14.3 Å². The van der Waals surface area contributed by atoms with Gasteiger partial charge < -0.3 is 20.6 Å². The second kappa shape index (κ2) is 8.80. The van der Waals surface area contributed by atoms with Gasteiger partial charge in [-0.2, -0.15) is 0 Å². The second-order valence-corrected chi connectivity index (χ2v) is 6.58. The van der Waals surface area contributed by atoms with Crippen LogP contribution in [0.3, 0.4) is 0 Å². The number of nitrogens with zero attached hydrogens (tertiary/aromatic N) is 2. The second-order valence-electron chi connectivity index (χ2n) is 6.58. The number of guanidine groups is 1. The zero-order valence-electron chi connectivity index (χ0n) is 15.1. The highest BCUT2D eigenvalue weighted by Crippen LogP contribution is 2.13. The summed E-state index contributed by atoms with van der Waals surface area (Å²) in [5.41, 5.74) is 1.14. The number of rotatable bonds is 5. The van der Waals surface area contributed by atoms with E-state index in [4.69, 9.17) is 5.11 Å². The van der Waals surface area contributed by atoms with Crippen LogP contribution in [0.25, 0.3) is 0 Å². The molecule has 2 rings (SSSR count). The van der Waals surface area contributed by atoms with E-state index in [9.17, 15) is 9.18 Å². The molecule has 1 aliphatic heterocycles. The van der Waals surface area contributed by atoms with Crippen LogP contribution in [-0.2, 0) is 17.9 Å². The first-order valence-electron chi connectivity index (χ1n) is 8.58. The first kappa shape index (κ1) is 19.2. The van der Waals surface area contributed by atoms with Gasteiger partial charge in [0.05, 0.1) is 6.61 Å². The lowest BCUT2D eigenvalue weighted by Crippen LogP contribution is -2.45. The topological polar surface area (TPSA) is 77.0 Å². The highest BCUT2D eigenvalue weighted by atomic mass is 19.1. The molecule has 1 unspecified atom stereocenters. The number of nitrogens with one attached hydrogen (secondary N) is 2. The summed E-state index contributed by atoms with van der Waals surface area (Å²) in [5, 5.41) is 15.6. The predicted octanol–water partition coefficient (Wildman–Crippen LogP) is 1.24. The average Bonchev–Trinajstić information content (AvgIpc) is 3.07. The molecule has 6 nitrogen and oxygen atoms in total. The van der Waals surface area contributed by atoms with Gasteiger partial charge in [0.1, 0.15) is 5.82 Å². The van der Waals surface area contributed by atoms with E-state index in [2.05, 4.69) is 15.6 Å². The van der Waals surface area contributed by atoms with Crippen molar-refractivity contribution in [2.24, 2.45) is 10.9 Å². The Hall–Kier alpha value is -2.15. The number of aliphatic imine (C=N–C) groups is 1. The summed E-state index contributed by atoms with van der Waals surface area (Å²) < 4.78 is 13.4. The first-order chi connectivity index (χ1) is 11.9. The van der Waals surface area contributed by atoms with E-state index < -0.39 is 5.82 Å². The number of halogens is 1. The zero-order chi connectivity index (χ0) is 18.4. The van der Waals surface area contributed by atoms with Gasteiger partial charge in [-0.1, -0.05) is 19.9 Å². The number of amides is 1. The van der Waals surface area contributed by atoms with Crippen LogP contribution in [0.2, 0.25) is 0 Å². The van der Waals surface area contributed by atoms with Gasteiger partial charge in [0.2, 0.25) is 5.91 Å². The quantitative estimate of drug-likeness (QED) is 0.552. The van der Waals surface area contributed by atoms with Crippen LogP contribution in [0.15, 0.2) is 23.2 Å². The number of carbonyl (C=O) groups is 1. The van der Waals surface area contributed by atoms with Crippen LogP contribution in [0.4, 0.5) is 4.39 Å². The molecule has 0 radical (unpaired) electrons. The lowest BCUT2D eigenvalue weighted by Gasteiger charge is -2.20. The smallest absolute Gasteiger partial charge is 0.225 e. The van der Waals surface area contributed by atoms with Gasteiger partial charge in [-0.15, -0.1) is 0 Å². The summed E-state index contributed by atoms with van der Waals surface area (Å²) in [6, 6.07) is 4.82. The molecule has 0 spiro atoms. The third kappa shape index (κ3) is 5.16. The Kier molecular flexibility index (Phi) is 6.75. The fraction of sp³-hybridized carbons (Fsp3) is 0.556. The van der Waals surface area contributed by atoms with E-state index in [1.165, 1.54) is 6.07 Å². The summed E-state index contributed by atoms with van der Waals surface area (Å²) >= 11 is 0. The standard InChI is InChI=1S/C18H27FN4O2/c1-12(2)17(25)23-7-6-15(10-23)22-18(20-3)21-9-13-4-5-16(19)14(8-13)11-24/h4-5,8,12,15,24H,6-7,9-11H2,1-3H3,(H2,20,21,22). The summed E-state index contributed by atoms with van der Waals surface area (Å²) in [7, 11) is 1.69. The molecule has 138 valence electrons. The van der Waals surface area contributed by atoms with Gasteiger partial charge in [-0.3, -0.25) is 9.79 Å². The van der Waals surface area contributed by atoms with E-state index in [0.717, 1.165) is 18.5 Å². The van der Waals surface area contributed by atoms with Crippen molar-refractivity contribution in [1.29, 1.82) is 0 Å². The molecule has 1 aliphatic rings. The van der Waals surface area contributed by atoms with Crippen molar-refractivity contribution in [2.75, 3.05) is 20.1 Å². The number of hydrogen-bond acceptors (Lipinski definition) is 3. The van der Waals surface area contributed by atoms with E-state index in [1.807, 2.05) is 18.7 Å². The molecular weight excluding hydrogens is 323 g/mol. The van der Waals surface area contributed by atoms with E-state index in [-0.39, 0.29) is 30.0 Å². The van der Waals surface area contributed by atoms with Gasteiger partial charge in [0.15, 0.2) is 5.96 Å². The summed E-state index contributed by atoms with van der Waals surface area (Å²) in [4.78, 5) is 18.1. The highest BCUT2D eigenvalue weighted by Gasteiger charge is 2.27. The van der Waals surface area contributed by atoms with Crippen molar-refractivity contribution >= 4 is 11.9 Å². The fourth-order valence-electron chi connectivity index (χ4n) is 2.88. The molecule has 1 aromatic carbocycles. The molecular formula is C18H27FN4O2. The molecule has 1 saturated heterocycles. The van der Waals surface area contributed by atoms with Crippen LogP contribution >= 0.6 is 0 Å². The van der Waals surface area contributed by atoms with Crippen LogP contribution < -0.4 is 10.6 Å². The molecule has 1 heterocycles. The third-order valence-electron chi connectivity index (χ3n) is 4.30. The molecule has 25 heavy (non-hydrogen) atoms. The van der Waals surface area contributed by atoms with Crippen molar-refractivity contribution in [2.45, 2.75) is 39.5 Å². The lowest BCUT2D eigenvalue weighted by molar-refractivity contribution is -0.133. The number of hydrogen-bond donors (Lipinski definition) is 3. The molecule has 1 atom stereocenters. The van der Waals surface area contributed by atoms with E-state index >= 15 is 0 Å². The highest BCUT2D eigenvalue weighted by molar-refractivity contribution is 5.81. The SMILES string of the molecule is CN=C(NCc1ccc(F)c(CO)c1)NC1CCN(C(=O)C(C)C)C1. The van der Waals surface area contributed by atoms with Crippen molar-refractivity contribution in [3.8, 4) is 0 Å². The normalized spacial score (nSPS) is 17.9. The van der Waals surface area contributed by atoms with E-state index in [0.29, 0.717) is 19.0 Å². The minimum Gasteiger partial charge on any atom is -0.392 e. The van der Waals surface area contributed by atoms with Crippen molar-refractivity contribution in [3.63, 3.8) is 0 Å². The van der Waals surface area contributed by atoms with Crippen LogP contribution in [0, 0.1) is 11.7 Å². The molecule has 7 heteroatoms. The minimum absolute atomic E-state index is 0.00962.